The monoisotopic (exact) mass is 581 g/mol. The number of carbonyl (C=O) groups is 2. The van der Waals surface area contributed by atoms with Gasteiger partial charge in [0, 0.05) is 19.2 Å². The molecule has 0 spiro atoms. The molecule has 38 heavy (non-hydrogen) atoms. The van der Waals surface area contributed by atoms with E-state index in [1.54, 1.807) is 30.3 Å². The normalized spacial score (nSPS) is 16.6. The van der Waals surface area contributed by atoms with E-state index in [0.717, 1.165) is 11.1 Å². The fraction of sp³-hybridized carbons (Fsp3) is 0.241. The number of hydrogen-bond donors (Lipinski definition) is 2. The molecule has 9 heteroatoms. The van der Waals surface area contributed by atoms with Gasteiger partial charge in [-0.2, -0.15) is 0 Å². The minimum absolute atomic E-state index is 0.0701. The van der Waals surface area contributed by atoms with Crippen LogP contribution in [0.1, 0.15) is 28.3 Å². The largest absolute Gasteiger partial charge is 0.507 e. The molecule has 0 aliphatic carbocycles. The fourth-order valence-electron chi connectivity index (χ4n) is 4.35. The topological polar surface area (TPSA) is 106 Å². The van der Waals surface area contributed by atoms with Crippen molar-refractivity contribution in [3.8, 4) is 17.2 Å². The number of rotatable bonds is 9. The van der Waals surface area contributed by atoms with E-state index in [2.05, 4.69) is 15.9 Å². The van der Waals surface area contributed by atoms with E-state index in [0.29, 0.717) is 28.0 Å². The van der Waals surface area contributed by atoms with Crippen LogP contribution in [0.2, 0.25) is 0 Å². The summed E-state index contributed by atoms with van der Waals surface area (Å²) in [6.07, 6.45) is 0. The number of ether oxygens (including phenoxy) is 3. The molecule has 198 valence electrons. The van der Waals surface area contributed by atoms with Crippen molar-refractivity contribution in [2.45, 2.75) is 19.6 Å². The fourth-order valence-corrected chi connectivity index (χ4v) is 4.81. The molecule has 1 saturated heterocycles. The van der Waals surface area contributed by atoms with E-state index in [4.69, 9.17) is 14.2 Å². The Hall–Kier alpha value is -3.82. The number of aliphatic hydroxyl groups is 1. The van der Waals surface area contributed by atoms with Crippen LogP contribution in [0.4, 0.5) is 0 Å². The number of aromatic hydroxyl groups is 1. The molecule has 3 aromatic carbocycles. The van der Waals surface area contributed by atoms with Gasteiger partial charge in [0.15, 0.2) is 11.5 Å². The van der Waals surface area contributed by atoms with Crippen LogP contribution in [0.3, 0.4) is 0 Å². The van der Waals surface area contributed by atoms with Gasteiger partial charge in [-0.1, -0.05) is 24.3 Å². The molecule has 2 N–H and O–H groups in total. The number of nitrogens with zero attached hydrogens (tertiary/aromatic N) is 1. The maximum Gasteiger partial charge on any atom is 0.295 e. The molecule has 0 radical (unpaired) electrons. The molecule has 1 aliphatic heterocycles. The lowest BCUT2D eigenvalue weighted by molar-refractivity contribution is -0.140. The van der Waals surface area contributed by atoms with Gasteiger partial charge < -0.3 is 29.3 Å². The minimum Gasteiger partial charge on any atom is -0.507 e. The Balaban J connectivity index is 1.71. The summed E-state index contributed by atoms with van der Waals surface area (Å²) in [7, 11) is 2.89. The van der Waals surface area contributed by atoms with Gasteiger partial charge in [-0.15, -0.1) is 0 Å². The minimum atomic E-state index is -0.923. The van der Waals surface area contributed by atoms with E-state index in [1.165, 1.54) is 25.2 Å². The van der Waals surface area contributed by atoms with Crippen LogP contribution >= 0.6 is 15.9 Å². The van der Waals surface area contributed by atoms with Crippen LogP contribution in [-0.4, -0.2) is 54.2 Å². The highest BCUT2D eigenvalue weighted by Crippen LogP contribution is 2.44. The van der Waals surface area contributed by atoms with Crippen LogP contribution in [0.5, 0.6) is 17.2 Å². The van der Waals surface area contributed by atoms with Crippen LogP contribution in [0, 0.1) is 6.92 Å². The lowest BCUT2D eigenvalue weighted by atomic mass is 9.95. The van der Waals surface area contributed by atoms with Crippen molar-refractivity contribution in [2.75, 3.05) is 27.4 Å². The number of Topliss-reactive ketones (excluding diaryl/α,β-unsaturated/α-hetero) is 1. The summed E-state index contributed by atoms with van der Waals surface area (Å²) in [5.74, 6) is -1.26. The molecule has 1 aliphatic rings. The van der Waals surface area contributed by atoms with Gasteiger partial charge in [-0.25, -0.2) is 0 Å². The summed E-state index contributed by atoms with van der Waals surface area (Å²) in [6, 6.07) is 16.8. The third-order valence-corrected chi connectivity index (χ3v) is 7.05. The predicted octanol–water partition coefficient (Wildman–Crippen LogP) is 5.12. The van der Waals surface area contributed by atoms with E-state index in [9.17, 15) is 19.8 Å². The number of phenolic OH excluding ortho intramolecular Hbond substituents is 1. The van der Waals surface area contributed by atoms with E-state index >= 15 is 0 Å². The second-order valence-electron chi connectivity index (χ2n) is 8.78. The molecular weight excluding hydrogens is 554 g/mol. The number of likely N-dealkylation sites (tertiary alicyclic amines) is 1. The summed E-state index contributed by atoms with van der Waals surface area (Å²) in [4.78, 5) is 27.5. The maximum absolute atomic E-state index is 13.2. The van der Waals surface area contributed by atoms with Crippen molar-refractivity contribution in [1.82, 2.24) is 4.90 Å². The van der Waals surface area contributed by atoms with Crippen LogP contribution in [0.25, 0.3) is 5.76 Å². The zero-order valence-electron chi connectivity index (χ0n) is 21.2. The van der Waals surface area contributed by atoms with Crippen molar-refractivity contribution in [1.29, 1.82) is 0 Å². The highest BCUT2D eigenvalue weighted by molar-refractivity contribution is 9.10. The Morgan fingerprint density at radius 3 is 2.42 bits per heavy atom. The molecule has 1 amide bonds. The smallest absolute Gasteiger partial charge is 0.295 e. The van der Waals surface area contributed by atoms with E-state index in [-0.39, 0.29) is 36.0 Å². The first-order valence-corrected chi connectivity index (χ1v) is 12.7. The van der Waals surface area contributed by atoms with Crippen molar-refractivity contribution < 1.29 is 34.0 Å². The molecule has 0 aromatic heterocycles. The Kier molecular flexibility index (Phi) is 8.38. The molecule has 1 fully saturated rings. The molecule has 4 rings (SSSR count). The number of amides is 1. The Morgan fingerprint density at radius 1 is 1.05 bits per heavy atom. The molecule has 0 saturated carbocycles. The number of benzene rings is 3. The quantitative estimate of drug-likeness (QED) is 0.205. The number of ketones is 1. The summed E-state index contributed by atoms with van der Waals surface area (Å²) in [6.45, 7) is 2.71. The third kappa shape index (κ3) is 5.39. The van der Waals surface area contributed by atoms with Gasteiger partial charge in [0.05, 0.1) is 29.8 Å². The van der Waals surface area contributed by atoms with E-state index in [1.807, 2.05) is 31.2 Å². The van der Waals surface area contributed by atoms with Gasteiger partial charge in [-0.3, -0.25) is 9.59 Å². The Morgan fingerprint density at radius 2 is 1.76 bits per heavy atom. The Labute approximate surface area is 229 Å². The third-order valence-electron chi connectivity index (χ3n) is 6.45. The van der Waals surface area contributed by atoms with Gasteiger partial charge in [0.25, 0.3) is 11.7 Å². The standard InChI is InChI=1S/C29H28BrNO7/c1-17-6-4-5-7-19(17)16-38-21-10-8-18(9-11-21)26(32)24-25(31(12-13-36-2)29(35)28(24)34)20-14-22(30)27(33)23(15-20)37-3/h4-11,14-15,25,32-33H,12-13,16H2,1-3H3. The average molecular weight is 582 g/mol. The first-order valence-electron chi connectivity index (χ1n) is 11.9. The van der Waals surface area contributed by atoms with Crippen LogP contribution in [-0.2, 0) is 20.9 Å². The lowest BCUT2D eigenvalue weighted by Gasteiger charge is -2.25. The summed E-state index contributed by atoms with van der Waals surface area (Å²) in [5.41, 5.74) is 2.94. The van der Waals surface area contributed by atoms with Crippen molar-refractivity contribution in [2.24, 2.45) is 0 Å². The number of halogens is 1. The van der Waals surface area contributed by atoms with E-state index < -0.39 is 17.7 Å². The summed E-state index contributed by atoms with van der Waals surface area (Å²) >= 11 is 3.30. The molecular formula is C29H28BrNO7. The highest BCUT2D eigenvalue weighted by Gasteiger charge is 2.46. The number of phenols is 1. The van der Waals surface area contributed by atoms with Crippen molar-refractivity contribution in [3.63, 3.8) is 0 Å². The molecule has 1 heterocycles. The molecule has 8 nitrogen and oxygen atoms in total. The van der Waals surface area contributed by atoms with Gasteiger partial charge in [-0.05, 0) is 75.9 Å². The molecule has 1 unspecified atom stereocenters. The number of hydrogen-bond acceptors (Lipinski definition) is 7. The second kappa shape index (κ2) is 11.7. The highest BCUT2D eigenvalue weighted by atomic mass is 79.9. The number of methoxy groups -OCH3 is 2. The van der Waals surface area contributed by atoms with Gasteiger partial charge >= 0.3 is 0 Å². The van der Waals surface area contributed by atoms with Crippen molar-refractivity contribution in [3.05, 3.63) is 93.0 Å². The molecule has 1 atom stereocenters. The van der Waals surface area contributed by atoms with Gasteiger partial charge in [0.2, 0.25) is 0 Å². The molecule has 0 bridgehead atoms. The molecule has 3 aromatic rings. The Bertz CT molecular complexity index is 1380. The maximum atomic E-state index is 13.2. The predicted molar refractivity (Wildman–Crippen MR) is 145 cm³/mol. The summed E-state index contributed by atoms with van der Waals surface area (Å²) in [5, 5.41) is 21.6. The number of aryl methyl sites for hydroxylation is 1. The van der Waals surface area contributed by atoms with Crippen LogP contribution < -0.4 is 9.47 Å². The van der Waals surface area contributed by atoms with Crippen molar-refractivity contribution >= 4 is 33.4 Å². The second-order valence-corrected chi connectivity index (χ2v) is 9.63. The number of aliphatic hydroxyl groups excluding tert-OH is 1. The lowest BCUT2D eigenvalue weighted by Crippen LogP contribution is -2.32. The first kappa shape index (κ1) is 27.2. The van der Waals surface area contributed by atoms with Crippen LogP contribution in [0.15, 0.2) is 70.7 Å². The number of carbonyl (C=O) groups excluding carboxylic acids is 2. The zero-order chi connectivity index (χ0) is 27.4. The summed E-state index contributed by atoms with van der Waals surface area (Å²) < 4.78 is 16.6. The SMILES string of the molecule is COCCN1C(=O)C(=O)C(=C(O)c2ccc(OCc3ccccc3C)cc2)C1c1cc(Br)c(O)c(OC)c1. The van der Waals surface area contributed by atoms with Gasteiger partial charge in [0.1, 0.15) is 18.1 Å². The first-order chi connectivity index (χ1) is 18.3. The average Bonchev–Trinajstić information content (AvgIpc) is 3.17. The zero-order valence-corrected chi connectivity index (χ0v) is 22.8.